The number of hydrogen-bond donors (Lipinski definition) is 0. The summed E-state index contributed by atoms with van der Waals surface area (Å²) in [5.74, 6) is 0.875. The van der Waals surface area contributed by atoms with Crippen molar-refractivity contribution in [2.75, 3.05) is 9.71 Å². The van der Waals surface area contributed by atoms with Gasteiger partial charge in [-0.15, -0.1) is 0 Å². The quantitative estimate of drug-likeness (QED) is 0.167. The Labute approximate surface area is 355 Å². The summed E-state index contributed by atoms with van der Waals surface area (Å²) in [6, 6.07) is 54.7. The fourth-order valence-electron chi connectivity index (χ4n) is 10.6. The van der Waals surface area contributed by atoms with Gasteiger partial charge in [-0.25, -0.2) is 0 Å². The minimum absolute atomic E-state index is 0.0282. The van der Waals surface area contributed by atoms with Crippen LogP contribution in [0.4, 0.5) is 28.6 Å². The molecule has 0 spiro atoms. The highest BCUT2D eigenvalue weighted by molar-refractivity contribution is 6.95. The van der Waals surface area contributed by atoms with Crippen LogP contribution < -0.4 is 20.6 Å². The lowest BCUT2D eigenvalue weighted by Crippen LogP contribution is -2.61. The highest BCUT2D eigenvalue weighted by Gasteiger charge is 2.50. The summed E-state index contributed by atoms with van der Waals surface area (Å²) in [5.41, 5.74) is 22.2. The molecule has 0 bridgehead atoms. The van der Waals surface area contributed by atoms with Crippen LogP contribution in [0.25, 0.3) is 44.3 Å². The predicted molar refractivity (Wildman–Crippen MR) is 255 cm³/mol. The second kappa shape index (κ2) is 12.6. The molecule has 3 aliphatic rings. The van der Waals surface area contributed by atoms with Gasteiger partial charge in [0.05, 0.1) is 5.69 Å². The van der Waals surface area contributed by atoms with E-state index in [1.807, 2.05) is 0 Å². The van der Waals surface area contributed by atoms with Crippen LogP contribution >= 0.6 is 0 Å². The number of benzene rings is 7. The Morgan fingerprint density at radius 1 is 0.550 bits per heavy atom. The first-order valence-electron chi connectivity index (χ1n) is 21.6. The monoisotopic (exact) mass is 778 g/mol. The molecule has 0 unspecified atom stereocenters. The van der Waals surface area contributed by atoms with Gasteiger partial charge in [-0.2, -0.15) is 0 Å². The molecule has 2 aliphatic heterocycles. The van der Waals surface area contributed by atoms with E-state index in [2.05, 4.69) is 218 Å². The maximum Gasteiger partial charge on any atom is 0.337 e. The van der Waals surface area contributed by atoms with Crippen LogP contribution in [0.2, 0.25) is 0 Å². The molecule has 3 nitrogen and oxygen atoms in total. The van der Waals surface area contributed by atoms with Crippen LogP contribution in [0.1, 0.15) is 83.2 Å². The average molecular weight is 779 g/mol. The molecule has 0 saturated heterocycles. The van der Waals surface area contributed by atoms with Crippen LogP contribution in [0.3, 0.4) is 0 Å². The number of hydrogen-bond acceptors (Lipinski definition) is 3. The van der Waals surface area contributed by atoms with Crippen molar-refractivity contribution in [2.24, 2.45) is 0 Å². The molecule has 0 atom stereocenters. The number of para-hydroxylation sites is 1. The molecule has 4 heteroatoms. The second-order valence-corrected chi connectivity index (χ2v) is 19.9. The third-order valence-electron chi connectivity index (χ3n) is 13.6. The lowest BCUT2D eigenvalue weighted by molar-refractivity contribution is 0.590. The van der Waals surface area contributed by atoms with Crippen LogP contribution in [-0.4, -0.2) is 6.85 Å². The minimum Gasteiger partial charge on any atom is -0.440 e. The standard InChI is InChI=1S/C56H51BN2O/c1-34-31-43-49-46(30-28-40-39-19-13-15-21-44(39)56(8,9)50(40)49)59(38-26-23-36(24-27-38)54(2,3)4)57-51(43)47(32-34)58(53-52(57)41-20-14-16-22-48(41)60-53)45-29-25-37(55(5,6)7)33-42(45)35-17-11-10-12-18-35/h10-33H,1-9H3. The Bertz CT molecular complexity index is 3050. The van der Waals surface area contributed by atoms with Crippen molar-refractivity contribution >= 4 is 57.4 Å². The van der Waals surface area contributed by atoms with Crippen LogP contribution in [0.5, 0.6) is 0 Å². The van der Waals surface area contributed by atoms with Crippen LogP contribution in [0, 0.1) is 6.92 Å². The first-order valence-corrected chi connectivity index (χ1v) is 21.6. The molecule has 1 aromatic heterocycles. The number of rotatable bonds is 3. The van der Waals surface area contributed by atoms with Crippen molar-refractivity contribution in [1.29, 1.82) is 0 Å². The Morgan fingerprint density at radius 2 is 1.22 bits per heavy atom. The molecule has 3 heterocycles. The topological polar surface area (TPSA) is 19.6 Å². The second-order valence-electron chi connectivity index (χ2n) is 19.9. The summed E-state index contributed by atoms with van der Waals surface area (Å²) >= 11 is 0. The third-order valence-corrected chi connectivity index (χ3v) is 13.6. The van der Waals surface area contributed by atoms with Gasteiger partial charge >= 0.3 is 6.85 Å². The molecule has 0 N–H and O–H groups in total. The van der Waals surface area contributed by atoms with Gasteiger partial charge in [-0.05, 0) is 116 Å². The summed E-state index contributed by atoms with van der Waals surface area (Å²) in [6.07, 6.45) is 0. The van der Waals surface area contributed by atoms with Gasteiger partial charge in [-0.1, -0.05) is 159 Å². The Kier molecular flexibility index (Phi) is 7.75. The van der Waals surface area contributed by atoms with Gasteiger partial charge in [0.2, 0.25) is 5.88 Å². The van der Waals surface area contributed by atoms with E-state index in [0.29, 0.717) is 0 Å². The molecular weight excluding hydrogens is 727 g/mol. The first-order chi connectivity index (χ1) is 28.7. The van der Waals surface area contributed by atoms with Gasteiger partial charge in [0, 0.05) is 44.5 Å². The third kappa shape index (κ3) is 5.22. The number of anilines is 5. The highest BCUT2D eigenvalue weighted by atomic mass is 16.4. The zero-order chi connectivity index (χ0) is 41.5. The van der Waals surface area contributed by atoms with E-state index in [1.54, 1.807) is 0 Å². The molecule has 60 heavy (non-hydrogen) atoms. The molecule has 0 saturated carbocycles. The number of fused-ring (bicyclic) bond motifs is 10. The van der Waals surface area contributed by atoms with Gasteiger partial charge in [0.1, 0.15) is 5.58 Å². The zero-order valence-electron chi connectivity index (χ0n) is 36.2. The molecule has 11 rings (SSSR count). The van der Waals surface area contributed by atoms with Gasteiger partial charge < -0.3 is 9.23 Å². The summed E-state index contributed by atoms with van der Waals surface area (Å²) in [5, 5.41) is 1.14. The van der Waals surface area contributed by atoms with Crippen molar-refractivity contribution in [3.8, 4) is 33.4 Å². The first kappa shape index (κ1) is 36.8. The van der Waals surface area contributed by atoms with E-state index >= 15 is 0 Å². The maximum atomic E-state index is 7.22. The summed E-state index contributed by atoms with van der Waals surface area (Å²) in [4.78, 5) is 5.10. The van der Waals surface area contributed by atoms with E-state index in [1.165, 1.54) is 83.5 Å². The maximum absolute atomic E-state index is 7.22. The Hall–Kier alpha value is -6.26. The molecule has 0 radical (unpaired) electrons. The summed E-state index contributed by atoms with van der Waals surface area (Å²) in [7, 11) is 0. The highest BCUT2D eigenvalue weighted by Crippen LogP contribution is 2.58. The summed E-state index contributed by atoms with van der Waals surface area (Å²) in [6.45, 7) is 20.7. The summed E-state index contributed by atoms with van der Waals surface area (Å²) < 4.78 is 7.22. The van der Waals surface area contributed by atoms with Crippen LogP contribution in [-0.2, 0) is 16.2 Å². The number of aryl methyl sites for hydroxylation is 1. The average Bonchev–Trinajstić information content (AvgIpc) is 3.72. The lowest BCUT2D eigenvalue weighted by atomic mass is 9.43. The van der Waals surface area contributed by atoms with E-state index in [-0.39, 0.29) is 23.1 Å². The largest absolute Gasteiger partial charge is 0.440 e. The van der Waals surface area contributed by atoms with Crippen molar-refractivity contribution in [3.05, 3.63) is 173 Å². The molecule has 8 aromatic rings. The SMILES string of the molecule is Cc1cc2c3c(c1)N(c1ccc(C(C)(C)C)cc1-c1ccccc1)c1oc4ccccc4c1B3N(c1ccc(C(C)(C)C)cc1)c1ccc3c(c1-2)C(C)(C)c1ccccc1-3. The van der Waals surface area contributed by atoms with Crippen molar-refractivity contribution in [3.63, 3.8) is 0 Å². The van der Waals surface area contributed by atoms with E-state index in [9.17, 15) is 0 Å². The molecule has 7 aromatic carbocycles. The lowest BCUT2D eigenvalue weighted by Gasteiger charge is -2.45. The Balaban J connectivity index is 1.28. The van der Waals surface area contributed by atoms with Gasteiger partial charge in [0.15, 0.2) is 0 Å². The van der Waals surface area contributed by atoms with Crippen molar-refractivity contribution in [2.45, 2.75) is 78.6 Å². The fraction of sp³-hybridized carbons (Fsp3) is 0.214. The molecule has 1 aliphatic carbocycles. The van der Waals surface area contributed by atoms with E-state index in [0.717, 1.165) is 28.2 Å². The molecular formula is C56H51BN2O. The smallest absolute Gasteiger partial charge is 0.337 e. The minimum atomic E-state index is -0.215. The van der Waals surface area contributed by atoms with Crippen molar-refractivity contribution in [1.82, 2.24) is 0 Å². The normalized spacial score (nSPS) is 14.8. The predicted octanol–water partition coefficient (Wildman–Crippen LogP) is 14.0. The molecule has 294 valence electrons. The van der Waals surface area contributed by atoms with Gasteiger partial charge in [0.25, 0.3) is 0 Å². The number of furan rings is 1. The van der Waals surface area contributed by atoms with E-state index in [4.69, 9.17) is 4.42 Å². The van der Waals surface area contributed by atoms with Crippen molar-refractivity contribution < 1.29 is 4.42 Å². The Morgan fingerprint density at radius 3 is 1.97 bits per heavy atom. The molecule has 0 amide bonds. The zero-order valence-corrected chi connectivity index (χ0v) is 36.2. The number of nitrogens with zero attached hydrogens (tertiary/aromatic N) is 2. The van der Waals surface area contributed by atoms with Gasteiger partial charge in [-0.3, -0.25) is 4.90 Å². The fourth-order valence-corrected chi connectivity index (χ4v) is 10.6. The van der Waals surface area contributed by atoms with E-state index < -0.39 is 0 Å². The van der Waals surface area contributed by atoms with Crippen LogP contribution in [0.15, 0.2) is 150 Å². The molecule has 0 fully saturated rings.